The van der Waals surface area contributed by atoms with Crippen LogP contribution in [0.2, 0.25) is 0 Å². The highest BCUT2D eigenvalue weighted by Crippen LogP contribution is 2.23. The van der Waals surface area contributed by atoms with Crippen LogP contribution in [0, 0.1) is 5.82 Å². The molecule has 0 amide bonds. The van der Waals surface area contributed by atoms with Crippen molar-refractivity contribution in [1.29, 1.82) is 0 Å². The lowest BCUT2D eigenvalue weighted by Crippen LogP contribution is -2.28. The number of rotatable bonds is 4. The SMILES string of the molecule is CC(C)c1ccc(OCC(C)(C)O)c(F)c1. The first kappa shape index (κ1) is 13.0. The Morgan fingerprint density at radius 1 is 1.38 bits per heavy atom. The Balaban J connectivity index is 2.76. The van der Waals surface area contributed by atoms with Crippen LogP contribution in [0.25, 0.3) is 0 Å². The molecule has 90 valence electrons. The van der Waals surface area contributed by atoms with Crippen LogP contribution in [-0.4, -0.2) is 17.3 Å². The molecule has 0 heterocycles. The van der Waals surface area contributed by atoms with E-state index in [1.54, 1.807) is 19.9 Å². The number of ether oxygens (including phenoxy) is 1. The highest BCUT2D eigenvalue weighted by atomic mass is 19.1. The molecule has 16 heavy (non-hydrogen) atoms. The third-order valence-corrected chi connectivity index (χ3v) is 2.20. The van der Waals surface area contributed by atoms with Crippen LogP contribution in [0.3, 0.4) is 0 Å². The van der Waals surface area contributed by atoms with Crippen molar-refractivity contribution < 1.29 is 14.2 Å². The maximum absolute atomic E-state index is 13.6. The first-order valence-electron chi connectivity index (χ1n) is 5.44. The molecule has 2 nitrogen and oxygen atoms in total. The summed E-state index contributed by atoms with van der Waals surface area (Å²) < 4.78 is 18.8. The Bertz CT molecular complexity index is 353. The summed E-state index contributed by atoms with van der Waals surface area (Å²) in [6, 6.07) is 4.92. The van der Waals surface area contributed by atoms with Crippen molar-refractivity contribution in [3.63, 3.8) is 0 Å². The highest BCUT2D eigenvalue weighted by molar-refractivity contribution is 5.30. The number of hydrogen-bond acceptors (Lipinski definition) is 2. The van der Waals surface area contributed by atoms with E-state index >= 15 is 0 Å². The fraction of sp³-hybridized carbons (Fsp3) is 0.538. The van der Waals surface area contributed by atoms with Gasteiger partial charge in [-0.3, -0.25) is 0 Å². The molecule has 0 saturated carbocycles. The molecule has 0 fully saturated rings. The summed E-state index contributed by atoms with van der Waals surface area (Å²) in [5.41, 5.74) is -0.0171. The minimum atomic E-state index is -0.955. The predicted octanol–water partition coefficient (Wildman–Crippen LogP) is 3.10. The molecule has 0 aliphatic rings. The zero-order valence-electron chi connectivity index (χ0n) is 10.2. The molecule has 0 saturated heterocycles. The van der Waals surface area contributed by atoms with Gasteiger partial charge < -0.3 is 9.84 Å². The molecule has 1 aromatic rings. The lowest BCUT2D eigenvalue weighted by molar-refractivity contribution is 0.0271. The van der Waals surface area contributed by atoms with Gasteiger partial charge in [0.1, 0.15) is 6.61 Å². The van der Waals surface area contributed by atoms with Crippen LogP contribution in [-0.2, 0) is 0 Å². The molecular formula is C13H19FO2. The number of halogens is 1. The van der Waals surface area contributed by atoms with E-state index in [4.69, 9.17) is 4.74 Å². The lowest BCUT2D eigenvalue weighted by Gasteiger charge is -2.18. The van der Waals surface area contributed by atoms with Gasteiger partial charge in [0, 0.05) is 0 Å². The van der Waals surface area contributed by atoms with Gasteiger partial charge in [0.15, 0.2) is 11.6 Å². The van der Waals surface area contributed by atoms with Gasteiger partial charge in [0.25, 0.3) is 0 Å². The predicted molar refractivity (Wildman–Crippen MR) is 62.3 cm³/mol. The summed E-state index contributed by atoms with van der Waals surface area (Å²) >= 11 is 0. The molecule has 0 aromatic heterocycles. The minimum Gasteiger partial charge on any atom is -0.488 e. The van der Waals surface area contributed by atoms with Crippen molar-refractivity contribution in [3.05, 3.63) is 29.6 Å². The Morgan fingerprint density at radius 3 is 2.44 bits per heavy atom. The molecular weight excluding hydrogens is 207 g/mol. The van der Waals surface area contributed by atoms with Crippen LogP contribution in [0.1, 0.15) is 39.2 Å². The first-order chi connectivity index (χ1) is 7.29. The maximum Gasteiger partial charge on any atom is 0.165 e. The molecule has 0 bridgehead atoms. The van der Waals surface area contributed by atoms with Crippen LogP contribution in [0.4, 0.5) is 4.39 Å². The summed E-state index contributed by atoms with van der Waals surface area (Å²) in [6.07, 6.45) is 0. The third kappa shape index (κ3) is 3.81. The molecule has 0 spiro atoms. The molecule has 3 heteroatoms. The second kappa shape index (κ2) is 4.83. The average molecular weight is 226 g/mol. The van der Waals surface area contributed by atoms with Crippen LogP contribution in [0.15, 0.2) is 18.2 Å². The second-order valence-electron chi connectivity index (χ2n) is 4.95. The number of benzene rings is 1. The normalized spacial score (nSPS) is 11.9. The van der Waals surface area contributed by atoms with Gasteiger partial charge in [-0.15, -0.1) is 0 Å². The topological polar surface area (TPSA) is 29.5 Å². The van der Waals surface area contributed by atoms with E-state index < -0.39 is 5.60 Å². The number of aliphatic hydroxyl groups is 1. The van der Waals surface area contributed by atoms with E-state index in [1.165, 1.54) is 6.07 Å². The Hall–Kier alpha value is -1.09. The van der Waals surface area contributed by atoms with Crippen molar-refractivity contribution >= 4 is 0 Å². The molecule has 0 radical (unpaired) electrons. The van der Waals surface area contributed by atoms with Crippen molar-refractivity contribution in [3.8, 4) is 5.75 Å². The van der Waals surface area contributed by atoms with Crippen LogP contribution in [0.5, 0.6) is 5.75 Å². The fourth-order valence-corrected chi connectivity index (χ4v) is 1.25. The van der Waals surface area contributed by atoms with Crippen LogP contribution >= 0.6 is 0 Å². The Kier molecular flexibility index (Phi) is 3.92. The summed E-state index contributed by atoms with van der Waals surface area (Å²) in [5, 5.41) is 9.47. The Morgan fingerprint density at radius 2 is 2.00 bits per heavy atom. The van der Waals surface area contributed by atoms with E-state index in [-0.39, 0.29) is 24.1 Å². The van der Waals surface area contributed by atoms with Crippen molar-refractivity contribution in [2.24, 2.45) is 0 Å². The van der Waals surface area contributed by atoms with Crippen molar-refractivity contribution in [1.82, 2.24) is 0 Å². The van der Waals surface area contributed by atoms with E-state index in [0.717, 1.165) is 5.56 Å². The molecule has 0 aliphatic heterocycles. The monoisotopic (exact) mass is 226 g/mol. The average Bonchev–Trinajstić information content (AvgIpc) is 2.14. The first-order valence-corrected chi connectivity index (χ1v) is 5.44. The van der Waals surface area contributed by atoms with Crippen LogP contribution < -0.4 is 4.74 Å². The van der Waals surface area contributed by atoms with Gasteiger partial charge in [-0.2, -0.15) is 0 Å². The van der Waals surface area contributed by atoms with E-state index in [9.17, 15) is 9.50 Å². The standard InChI is InChI=1S/C13H19FO2/c1-9(2)10-5-6-12(11(14)7-10)16-8-13(3,4)15/h5-7,9,15H,8H2,1-4H3. The summed E-state index contributed by atoms with van der Waals surface area (Å²) in [5.74, 6) is 0.0970. The largest absolute Gasteiger partial charge is 0.488 e. The summed E-state index contributed by atoms with van der Waals surface area (Å²) in [7, 11) is 0. The molecule has 0 unspecified atom stereocenters. The van der Waals surface area contributed by atoms with Gasteiger partial charge in [0.2, 0.25) is 0 Å². The lowest BCUT2D eigenvalue weighted by atomic mass is 10.0. The van der Waals surface area contributed by atoms with E-state index in [0.29, 0.717) is 0 Å². The quantitative estimate of drug-likeness (QED) is 0.854. The van der Waals surface area contributed by atoms with Gasteiger partial charge in [-0.1, -0.05) is 19.9 Å². The molecule has 1 aromatic carbocycles. The molecule has 0 aliphatic carbocycles. The fourth-order valence-electron chi connectivity index (χ4n) is 1.25. The maximum atomic E-state index is 13.6. The molecule has 1 rings (SSSR count). The summed E-state index contributed by atoms with van der Waals surface area (Å²) in [4.78, 5) is 0. The number of hydrogen-bond donors (Lipinski definition) is 1. The minimum absolute atomic E-state index is 0.0744. The van der Waals surface area contributed by atoms with Gasteiger partial charge in [-0.05, 0) is 37.5 Å². The zero-order valence-corrected chi connectivity index (χ0v) is 10.2. The van der Waals surface area contributed by atoms with Gasteiger partial charge >= 0.3 is 0 Å². The highest BCUT2D eigenvalue weighted by Gasteiger charge is 2.15. The summed E-state index contributed by atoms with van der Waals surface area (Å²) in [6.45, 7) is 7.32. The van der Waals surface area contributed by atoms with Crippen molar-refractivity contribution in [2.75, 3.05) is 6.61 Å². The third-order valence-electron chi connectivity index (χ3n) is 2.20. The zero-order chi connectivity index (χ0) is 12.3. The van der Waals surface area contributed by atoms with Gasteiger partial charge in [-0.25, -0.2) is 4.39 Å². The van der Waals surface area contributed by atoms with E-state index in [1.807, 2.05) is 19.9 Å². The smallest absolute Gasteiger partial charge is 0.165 e. The second-order valence-corrected chi connectivity index (χ2v) is 4.95. The molecule has 1 N–H and O–H groups in total. The van der Waals surface area contributed by atoms with Gasteiger partial charge in [0.05, 0.1) is 5.60 Å². The Labute approximate surface area is 96.1 Å². The van der Waals surface area contributed by atoms with Crippen molar-refractivity contribution in [2.45, 2.75) is 39.2 Å². The van der Waals surface area contributed by atoms with E-state index in [2.05, 4.69) is 0 Å². The molecule has 0 atom stereocenters.